The molecule has 1 aliphatic heterocycles. The van der Waals surface area contributed by atoms with Crippen LogP contribution in [0.15, 0.2) is 27.4 Å². The molecule has 3 N–H and O–H groups in total. The number of benzene rings is 1. The van der Waals surface area contributed by atoms with Gasteiger partial charge in [0.15, 0.2) is 5.58 Å². The maximum Gasteiger partial charge on any atom is 0.417 e. The van der Waals surface area contributed by atoms with Crippen molar-refractivity contribution in [3.8, 4) is 0 Å². The summed E-state index contributed by atoms with van der Waals surface area (Å²) in [6, 6.07) is 4.59. The topological polar surface area (TPSA) is 113 Å². The number of aromatic amines is 1. The Kier molecular flexibility index (Phi) is 5.18. The van der Waals surface area contributed by atoms with Gasteiger partial charge < -0.3 is 19.8 Å². The third kappa shape index (κ3) is 4.27. The van der Waals surface area contributed by atoms with Crippen LogP contribution in [0.2, 0.25) is 0 Å². The number of carbonyl (C=O) groups excluding carboxylic acids is 2. The lowest BCUT2D eigenvalue weighted by molar-refractivity contribution is -0.123. The summed E-state index contributed by atoms with van der Waals surface area (Å²) in [7, 11) is 0. The molecule has 1 aliphatic rings. The molecule has 3 rings (SSSR count). The molecule has 1 saturated heterocycles. The molecule has 8 nitrogen and oxygen atoms in total. The highest BCUT2D eigenvalue weighted by molar-refractivity contribution is 6.04. The average Bonchev–Trinajstić information content (AvgIpc) is 3.20. The van der Waals surface area contributed by atoms with Gasteiger partial charge in [0.05, 0.1) is 23.6 Å². The third-order valence-electron chi connectivity index (χ3n) is 4.12. The Balaban J connectivity index is 1.53. The van der Waals surface area contributed by atoms with Crippen LogP contribution in [0.5, 0.6) is 0 Å². The first kappa shape index (κ1) is 17.2. The number of hydrogen-bond acceptors (Lipinski definition) is 5. The van der Waals surface area contributed by atoms with Gasteiger partial charge in [-0.15, -0.1) is 0 Å². The molecule has 0 aliphatic carbocycles. The van der Waals surface area contributed by atoms with E-state index < -0.39 is 5.76 Å². The summed E-state index contributed by atoms with van der Waals surface area (Å²) in [5, 5.41) is 5.60. The number of nitrogens with one attached hydrogen (secondary N) is 3. The molecule has 25 heavy (non-hydrogen) atoms. The fourth-order valence-electron chi connectivity index (χ4n) is 2.87. The van der Waals surface area contributed by atoms with E-state index in [9.17, 15) is 14.4 Å². The summed E-state index contributed by atoms with van der Waals surface area (Å²) < 4.78 is 10.4. The second kappa shape index (κ2) is 7.52. The fourth-order valence-corrected chi connectivity index (χ4v) is 2.87. The Morgan fingerprint density at radius 3 is 3.00 bits per heavy atom. The van der Waals surface area contributed by atoms with Crippen molar-refractivity contribution in [1.82, 2.24) is 15.6 Å². The van der Waals surface area contributed by atoms with E-state index >= 15 is 0 Å². The molecular weight excluding hydrogens is 326 g/mol. The summed E-state index contributed by atoms with van der Waals surface area (Å²) in [6.07, 6.45) is 2.25. The maximum atomic E-state index is 12.4. The summed E-state index contributed by atoms with van der Waals surface area (Å²) in [5.41, 5.74) is 1.01. The minimum atomic E-state index is -0.607. The zero-order valence-corrected chi connectivity index (χ0v) is 14.0. The maximum absolute atomic E-state index is 12.4. The molecule has 1 fully saturated rings. The third-order valence-corrected chi connectivity index (χ3v) is 4.12. The first-order valence-electron chi connectivity index (χ1n) is 8.34. The number of H-pyrrole nitrogens is 1. The number of aromatic nitrogens is 1. The lowest BCUT2D eigenvalue weighted by atomic mass is 10.1. The lowest BCUT2D eigenvalue weighted by Gasteiger charge is -2.16. The van der Waals surface area contributed by atoms with E-state index in [1.165, 1.54) is 0 Å². The van der Waals surface area contributed by atoms with Crippen LogP contribution >= 0.6 is 0 Å². The number of para-hydroxylation sites is 1. The van der Waals surface area contributed by atoms with Gasteiger partial charge in [0, 0.05) is 19.2 Å². The van der Waals surface area contributed by atoms with Crippen molar-refractivity contribution in [2.75, 3.05) is 13.2 Å². The van der Waals surface area contributed by atoms with Gasteiger partial charge >= 0.3 is 5.76 Å². The smallest absolute Gasteiger partial charge is 0.408 e. The number of ether oxygens (including phenoxy) is 1. The summed E-state index contributed by atoms with van der Waals surface area (Å²) in [5.74, 6) is -1.04. The number of oxazole rings is 1. The first-order valence-corrected chi connectivity index (χ1v) is 8.34. The number of carbonyl (C=O) groups is 2. The molecule has 1 aromatic heterocycles. The Bertz CT molecular complexity index is 819. The van der Waals surface area contributed by atoms with Crippen LogP contribution in [-0.4, -0.2) is 42.1 Å². The molecule has 134 valence electrons. The average molecular weight is 347 g/mol. The minimum Gasteiger partial charge on any atom is -0.408 e. The molecule has 2 aromatic rings. The molecule has 2 atom stereocenters. The molecule has 2 heterocycles. The van der Waals surface area contributed by atoms with E-state index in [1.54, 1.807) is 25.1 Å². The van der Waals surface area contributed by atoms with E-state index in [1.807, 2.05) is 0 Å². The molecule has 0 bridgehead atoms. The van der Waals surface area contributed by atoms with Crippen LogP contribution in [0.25, 0.3) is 11.1 Å². The molecule has 8 heteroatoms. The molecular formula is C17H21N3O5. The van der Waals surface area contributed by atoms with E-state index in [-0.39, 0.29) is 24.0 Å². The van der Waals surface area contributed by atoms with Crippen LogP contribution in [0.4, 0.5) is 0 Å². The van der Waals surface area contributed by atoms with Crippen LogP contribution in [-0.2, 0) is 9.53 Å². The second-order valence-corrected chi connectivity index (χ2v) is 6.21. The number of hydrogen-bond donors (Lipinski definition) is 3. The van der Waals surface area contributed by atoms with Gasteiger partial charge in [-0.25, -0.2) is 4.79 Å². The Morgan fingerprint density at radius 2 is 2.24 bits per heavy atom. The van der Waals surface area contributed by atoms with Crippen molar-refractivity contribution >= 4 is 22.9 Å². The van der Waals surface area contributed by atoms with Gasteiger partial charge in [0.1, 0.15) is 0 Å². The van der Waals surface area contributed by atoms with Crippen molar-refractivity contribution in [1.29, 1.82) is 0 Å². The second-order valence-electron chi connectivity index (χ2n) is 6.21. The summed E-state index contributed by atoms with van der Waals surface area (Å²) in [4.78, 5) is 38.1. The fraction of sp³-hybridized carbons (Fsp3) is 0.471. The van der Waals surface area contributed by atoms with Crippen LogP contribution < -0.4 is 16.4 Å². The van der Waals surface area contributed by atoms with Crippen molar-refractivity contribution in [3.63, 3.8) is 0 Å². The van der Waals surface area contributed by atoms with Crippen molar-refractivity contribution in [3.05, 3.63) is 34.3 Å². The zero-order valence-electron chi connectivity index (χ0n) is 14.0. The lowest BCUT2D eigenvalue weighted by Crippen LogP contribution is -2.42. The molecule has 1 aromatic carbocycles. The Labute approximate surface area is 143 Å². The predicted octanol–water partition coefficient (Wildman–Crippen LogP) is 0.925. The van der Waals surface area contributed by atoms with Gasteiger partial charge in [0.25, 0.3) is 5.91 Å². The zero-order chi connectivity index (χ0) is 17.8. The van der Waals surface area contributed by atoms with Crippen molar-refractivity contribution in [2.24, 2.45) is 0 Å². The largest absolute Gasteiger partial charge is 0.417 e. The SMILES string of the molecule is C[C@@H](CNC(=O)C[C@@H]1CCCO1)NC(=O)c1cccc2oc(=O)[nH]c12. The van der Waals surface area contributed by atoms with E-state index in [4.69, 9.17) is 9.15 Å². The highest BCUT2D eigenvalue weighted by Crippen LogP contribution is 2.16. The van der Waals surface area contributed by atoms with E-state index in [2.05, 4.69) is 15.6 Å². The molecule has 0 spiro atoms. The number of rotatable bonds is 6. The summed E-state index contributed by atoms with van der Waals surface area (Å²) >= 11 is 0. The molecule has 0 unspecified atom stereocenters. The van der Waals surface area contributed by atoms with Gasteiger partial charge in [-0.05, 0) is 31.9 Å². The van der Waals surface area contributed by atoms with Gasteiger partial charge in [-0.2, -0.15) is 0 Å². The van der Waals surface area contributed by atoms with E-state index in [0.29, 0.717) is 36.2 Å². The normalized spacial score (nSPS) is 18.2. The quantitative estimate of drug-likeness (QED) is 0.719. The number of fused-ring (bicyclic) bond motifs is 1. The summed E-state index contributed by atoms with van der Waals surface area (Å²) in [6.45, 7) is 2.82. The van der Waals surface area contributed by atoms with Crippen LogP contribution in [0.1, 0.15) is 36.5 Å². The molecule has 0 radical (unpaired) electrons. The molecule has 0 saturated carbocycles. The highest BCUT2D eigenvalue weighted by Gasteiger charge is 2.20. The Morgan fingerprint density at radius 1 is 1.40 bits per heavy atom. The van der Waals surface area contributed by atoms with E-state index in [0.717, 1.165) is 12.8 Å². The predicted molar refractivity (Wildman–Crippen MR) is 90.4 cm³/mol. The van der Waals surface area contributed by atoms with Crippen molar-refractivity contribution < 1.29 is 18.7 Å². The van der Waals surface area contributed by atoms with Crippen molar-refractivity contribution in [2.45, 2.75) is 38.3 Å². The highest BCUT2D eigenvalue weighted by atomic mass is 16.5. The number of amides is 2. The minimum absolute atomic E-state index is 0.000384. The van der Waals surface area contributed by atoms with Crippen LogP contribution in [0.3, 0.4) is 0 Å². The van der Waals surface area contributed by atoms with Gasteiger partial charge in [-0.3, -0.25) is 14.6 Å². The van der Waals surface area contributed by atoms with Gasteiger partial charge in [-0.1, -0.05) is 6.07 Å². The molecule has 2 amide bonds. The Hall–Kier alpha value is -2.61. The van der Waals surface area contributed by atoms with Gasteiger partial charge in [0.2, 0.25) is 5.91 Å². The van der Waals surface area contributed by atoms with Crippen LogP contribution in [0, 0.1) is 0 Å². The monoisotopic (exact) mass is 347 g/mol. The standard InChI is InChI=1S/C17H21N3O5/c1-10(9-18-14(21)8-11-4-3-7-24-11)19-16(22)12-5-2-6-13-15(12)20-17(23)25-13/h2,5-6,10-11H,3-4,7-9H2,1H3,(H,18,21)(H,19,22)(H,20,23)/t10-,11-/m0/s1. The first-order chi connectivity index (χ1) is 12.0.